The zero-order valence-corrected chi connectivity index (χ0v) is 19.2. The van der Waals surface area contributed by atoms with Gasteiger partial charge in [0.1, 0.15) is 12.4 Å². The van der Waals surface area contributed by atoms with E-state index in [0.29, 0.717) is 12.3 Å². The van der Waals surface area contributed by atoms with Crippen molar-refractivity contribution in [3.8, 4) is 5.75 Å². The monoisotopic (exact) mass is 498 g/mol. The van der Waals surface area contributed by atoms with Crippen LogP contribution < -0.4 is 10.1 Å². The minimum atomic E-state index is -5.59. The Bertz CT molecular complexity index is 759. The maximum Gasteiger partial charge on any atom is 0.453 e. The molecule has 0 aliphatic carbocycles. The fourth-order valence-electron chi connectivity index (χ4n) is 3.00. The summed E-state index contributed by atoms with van der Waals surface area (Å²) in [5.41, 5.74) is 0.729. The molecule has 0 radical (unpaired) electrons. The average molecular weight is 498 g/mol. The number of halogens is 5. The van der Waals surface area contributed by atoms with E-state index in [-0.39, 0.29) is 39.1 Å². The molecule has 1 aromatic rings. The highest BCUT2D eigenvalue weighted by Gasteiger charge is 2.56. The number of aliphatic carboxylic acids is 1. The van der Waals surface area contributed by atoms with Crippen LogP contribution in [0.2, 0.25) is 0 Å². The molecular formula is C22H31F5N2O5. The van der Waals surface area contributed by atoms with Crippen LogP contribution in [0.5, 0.6) is 5.75 Å². The first-order chi connectivity index (χ1) is 15.9. The lowest BCUT2D eigenvalue weighted by molar-refractivity contribution is -0.284. The number of ether oxygens (including phenoxy) is 2. The fourth-order valence-corrected chi connectivity index (χ4v) is 3.00. The smallest absolute Gasteiger partial charge is 0.453 e. The van der Waals surface area contributed by atoms with Gasteiger partial charge < -0.3 is 24.8 Å². The second-order valence-corrected chi connectivity index (χ2v) is 7.46. The number of carboxylic acids is 1. The van der Waals surface area contributed by atoms with Gasteiger partial charge in [-0.2, -0.15) is 22.0 Å². The van der Waals surface area contributed by atoms with Gasteiger partial charge in [0, 0.05) is 32.5 Å². The Hall–Kier alpha value is -2.63. The van der Waals surface area contributed by atoms with Crippen molar-refractivity contribution >= 4 is 12.0 Å². The molecule has 0 bridgehead atoms. The van der Waals surface area contributed by atoms with E-state index in [0.717, 1.165) is 5.56 Å². The summed E-state index contributed by atoms with van der Waals surface area (Å²) in [6, 6.07) is 6.17. The molecule has 1 rings (SSSR count). The number of nitrogens with zero attached hydrogens (tertiary/aromatic N) is 1. The molecule has 194 valence electrons. The molecule has 0 fully saturated rings. The molecule has 34 heavy (non-hydrogen) atoms. The number of rotatable bonds is 15. The molecule has 1 atom stereocenters. The molecule has 0 aliphatic heterocycles. The molecule has 0 aliphatic rings. The summed E-state index contributed by atoms with van der Waals surface area (Å²) in [6.07, 6.45) is -8.13. The largest absolute Gasteiger partial charge is 0.492 e. The zero-order valence-electron chi connectivity index (χ0n) is 19.2. The maximum absolute atomic E-state index is 13.0. The lowest BCUT2D eigenvalue weighted by Crippen LogP contribution is -2.42. The standard InChI is InChI=1S/C22H31F5N2O5/c1-3-28-20(32)29(12-6-5-11-21(23,24)22(25,26)27)13-14-34-17-9-7-16(8-10-17)15-18(19(30)31)33-4-2/h7-10,18H,3-6,11-15H2,1-2H3,(H,28,32)(H,30,31). The number of hydrogen-bond acceptors (Lipinski definition) is 4. The molecule has 12 heteroatoms. The predicted octanol–water partition coefficient (Wildman–Crippen LogP) is 4.50. The number of urea groups is 1. The Morgan fingerprint density at radius 1 is 1.06 bits per heavy atom. The molecule has 0 aromatic heterocycles. The van der Waals surface area contributed by atoms with Gasteiger partial charge in [-0.25, -0.2) is 9.59 Å². The Balaban J connectivity index is 2.56. The summed E-state index contributed by atoms with van der Waals surface area (Å²) in [5, 5.41) is 11.7. The van der Waals surface area contributed by atoms with Crippen molar-refractivity contribution in [3.05, 3.63) is 29.8 Å². The Labute approximate surface area is 195 Å². The van der Waals surface area contributed by atoms with E-state index in [1.807, 2.05) is 0 Å². The fraction of sp³-hybridized carbons (Fsp3) is 0.636. The summed E-state index contributed by atoms with van der Waals surface area (Å²) >= 11 is 0. The summed E-state index contributed by atoms with van der Waals surface area (Å²) in [6.45, 7) is 4.14. The first-order valence-electron chi connectivity index (χ1n) is 10.9. The minimum Gasteiger partial charge on any atom is -0.492 e. The number of benzene rings is 1. The van der Waals surface area contributed by atoms with Gasteiger partial charge in [-0.15, -0.1) is 0 Å². The second kappa shape index (κ2) is 13.9. The Kier molecular flexibility index (Phi) is 12.0. The first-order valence-corrected chi connectivity index (χ1v) is 10.9. The molecule has 0 spiro atoms. The average Bonchev–Trinajstić information content (AvgIpc) is 2.75. The summed E-state index contributed by atoms with van der Waals surface area (Å²) in [5.74, 6) is -5.35. The number of carboxylic acid groups (broad SMARTS) is 1. The molecule has 7 nitrogen and oxygen atoms in total. The van der Waals surface area contributed by atoms with E-state index in [1.54, 1.807) is 38.1 Å². The van der Waals surface area contributed by atoms with E-state index in [2.05, 4.69) is 5.32 Å². The minimum absolute atomic E-state index is 0.00390. The molecule has 0 heterocycles. The van der Waals surface area contributed by atoms with Crippen LogP contribution in [0.15, 0.2) is 24.3 Å². The van der Waals surface area contributed by atoms with Crippen LogP contribution in [0.25, 0.3) is 0 Å². The van der Waals surface area contributed by atoms with Crippen LogP contribution in [-0.2, 0) is 16.0 Å². The number of hydrogen-bond donors (Lipinski definition) is 2. The van der Waals surface area contributed by atoms with Crippen molar-refractivity contribution in [1.29, 1.82) is 0 Å². The van der Waals surface area contributed by atoms with Crippen molar-refractivity contribution in [3.63, 3.8) is 0 Å². The van der Waals surface area contributed by atoms with Gasteiger partial charge in [0.2, 0.25) is 0 Å². The van der Waals surface area contributed by atoms with Gasteiger partial charge in [0.05, 0.1) is 6.54 Å². The topological polar surface area (TPSA) is 88.1 Å². The summed E-state index contributed by atoms with van der Waals surface area (Å²) in [4.78, 5) is 24.6. The number of nitrogens with one attached hydrogen (secondary N) is 1. The van der Waals surface area contributed by atoms with E-state index in [1.165, 1.54) is 4.90 Å². The second-order valence-electron chi connectivity index (χ2n) is 7.46. The lowest BCUT2D eigenvalue weighted by atomic mass is 10.1. The Morgan fingerprint density at radius 2 is 1.71 bits per heavy atom. The summed E-state index contributed by atoms with van der Waals surface area (Å²) in [7, 11) is 0. The van der Waals surface area contributed by atoms with Crippen LogP contribution >= 0.6 is 0 Å². The number of carbonyl (C=O) groups excluding carboxylic acids is 1. The maximum atomic E-state index is 13.0. The number of unbranched alkanes of at least 4 members (excludes halogenated alkanes) is 1. The number of amides is 2. The molecule has 0 saturated carbocycles. The van der Waals surface area contributed by atoms with Gasteiger partial charge in [-0.3, -0.25) is 0 Å². The molecule has 0 saturated heterocycles. The normalized spacial score (nSPS) is 12.8. The summed E-state index contributed by atoms with van der Waals surface area (Å²) < 4.78 is 73.6. The van der Waals surface area contributed by atoms with Crippen LogP contribution in [-0.4, -0.2) is 73.1 Å². The van der Waals surface area contributed by atoms with Crippen molar-refractivity contribution in [2.75, 3.05) is 32.8 Å². The quantitative estimate of drug-likeness (QED) is 0.275. The number of alkyl halides is 5. The van der Waals surface area contributed by atoms with Crippen LogP contribution in [0.3, 0.4) is 0 Å². The third-order valence-electron chi connectivity index (χ3n) is 4.82. The van der Waals surface area contributed by atoms with Gasteiger partial charge in [0.15, 0.2) is 6.10 Å². The van der Waals surface area contributed by atoms with Gasteiger partial charge in [-0.05, 0) is 44.4 Å². The molecule has 1 aromatic carbocycles. The highest BCUT2D eigenvalue weighted by Crippen LogP contribution is 2.39. The van der Waals surface area contributed by atoms with E-state index in [9.17, 15) is 31.5 Å². The van der Waals surface area contributed by atoms with Crippen LogP contribution in [0.4, 0.5) is 26.7 Å². The molecule has 2 N–H and O–H groups in total. The zero-order chi connectivity index (χ0) is 25.8. The lowest BCUT2D eigenvalue weighted by Gasteiger charge is -2.24. The number of carbonyl (C=O) groups is 2. The van der Waals surface area contributed by atoms with Gasteiger partial charge >= 0.3 is 24.1 Å². The third kappa shape index (κ3) is 10.1. The van der Waals surface area contributed by atoms with E-state index >= 15 is 0 Å². The predicted molar refractivity (Wildman–Crippen MR) is 114 cm³/mol. The van der Waals surface area contributed by atoms with Crippen molar-refractivity contribution < 1.29 is 46.1 Å². The van der Waals surface area contributed by atoms with E-state index < -0.39 is 43.0 Å². The van der Waals surface area contributed by atoms with Crippen LogP contribution in [0.1, 0.15) is 38.7 Å². The van der Waals surface area contributed by atoms with Crippen molar-refractivity contribution in [1.82, 2.24) is 10.2 Å². The molecular weight excluding hydrogens is 467 g/mol. The SMILES string of the molecule is CCNC(=O)N(CCCCC(F)(F)C(F)(F)F)CCOc1ccc(CC(OCC)C(=O)O)cc1. The highest BCUT2D eigenvalue weighted by molar-refractivity contribution is 5.74. The molecule has 1 unspecified atom stereocenters. The van der Waals surface area contributed by atoms with E-state index in [4.69, 9.17) is 14.6 Å². The van der Waals surface area contributed by atoms with Crippen molar-refractivity contribution in [2.45, 2.75) is 57.7 Å². The van der Waals surface area contributed by atoms with Crippen LogP contribution in [0, 0.1) is 0 Å². The Morgan fingerprint density at radius 3 is 2.24 bits per heavy atom. The van der Waals surface area contributed by atoms with Gasteiger partial charge in [-0.1, -0.05) is 12.1 Å². The molecule has 2 amide bonds. The van der Waals surface area contributed by atoms with Gasteiger partial charge in [0.25, 0.3) is 0 Å². The highest BCUT2D eigenvalue weighted by atomic mass is 19.4. The third-order valence-corrected chi connectivity index (χ3v) is 4.82. The first kappa shape index (κ1) is 29.4. The van der Waals surface area contributed by atoms with Crippen molar-refractivity contribution in [2.24, 2.45) is 0 Å².